The van der Waals surface area contributed by atoms with E-state index in [1.54, 1.807) is 7.11 Å². The molecule has 4 rings (SSSR count). The molecule has 1 aromatic carbocycles. The molecule has 1 saturated heterocycles. The van der Waals surface area contributed by atoms with Crippen LogP contribution in [-0.2, 0) is 4.79 Å². The van der Waals surface area contributed by atoms with Crippen molar-refractivity contribution >= 4 is 22.5 Å². The van der Waals surface area contributed by atoms with Gasteiger partial charge < -0.3 is 9.72 Å². The second-order valence-corrected chi connectivity index (χ2v) is 7.67. The van der Waals surface area contributed by atoms with Gasteiger partial charge in [-0.25, -0.2) is 0 Å². The van der Waals surface area contributed by atoms with E-state index in [0.717, 1.165) is 22.3 Å². The van der Waals surface area contributed by atoms with Gasteiger partial charge in [-0.3, -0.25) is 9.69 Å². The van der Waals surface area contributed by atoms with Gasteiger partial charge in [0, 0.05) is 29.9 Å². The number of ether oxygens (including phenoxy) is 1. The SMILES string of the molecule is C#C[C@@]1(C/C=C/C2CCCC2)CCC(=O)N1c1c[nH]c2ccc(OC)cc12. The number of methoxy groups -OCH3 is 1. The zero-order valence-corrected chi connectivity index (χ0v) is 15.8. The zero-order chi connectivity index (χ0) is 18.9. The van der Waals surface area contributed by atoms with Crippen molar-refractivity contribution in [3.8, 4) is 18.1 Å². The van der Waals surface area contributed by atoms with Crippen LogP contribution in [0.25, 0.3) is 10.9 Å². The highest BCUT2D eigenvalue weighted by molar-refractivity contribution is 6.06. The molecule has 1 atom stereocenters. The molecule has 2 aliphatic rings. The first-order valence-electron chi connectivity index (χ1n) is 9.79. The number of hydrogen-bond acceptors (Lipinski definition) is 2. The van der Waals surface area contributed by atoms with Crippen LogP contribution >= 0.6 is 0 Å². The Morgan fingerprint density at radius 1 is 1.41 bits per heavy atom. The molecule has 4 heteroatoms. The molecule has 2 fully saturated rings. The minimum Gasteiger partial charge on any atom is -0.497 e. The molecule has 2 heterocycles. The van der Waals surface area contributed by atoms with E-state index in [4.69, 9.17) is 11.2 Å². The van der Waals surface area contributed by atoms with Crippen LogP contribution in [-0.4, -0.2) is 23.5 Å². The molecule has 0 unspecified atom stereocenters. The van der Waals surface area contributed by atoms with Crippen molar-refractivity contribution in [2.45, 2.75) is 50.5 Å². The Morgan fingerprint density at radius 3 is 2.96 bits per heavy atom. The second kappa shape index (κ2) is 7.15. The van der Waals surface area contributed by atoms with Gasteiger partial charge >= 0.3 is 0 Å². The molecule has 2 aromatic rings. The van der Waals surface area contributed by atoms with Crippen molar-refractivity contribution in [3.05, 3.63) is 36.5 Å². The lowest BCUT2D eigenvalue weighted by molar-refractivity contribution is -0.117. The van der Waals surface area contributed by atoms with Crippen molar-refractivity contribution < 1.29 is 9.53 Å². The van der Waals surface area contributed by atoms with Crippen molar-refractivity contribution in [2.75, 3.05) is 12.0 Å². The third-order valence-corrected chi connectivity index (χ3v) is 6.07. The number of H-pyrrole nitrogens is 1. The van der Waals surface area contributed by atoms with E-state index >= 15 is 0 Å². The summed E-state index contributed by atoms with van der Waals surface area (Å²) in [5, 5.41) is 0.962. The number of aromatic amines is 1. The van der Waals surface area contributed by atoms with E-state index in [0.29, 0.717) is 25.2 Å². The fraction of sp³-hybridized carbons (Fsp3) is 0.435. The fourth-order valence-electron chi connectivity index (χ4n) is 4.53. The maximum absolute atomic E-state index is 12.8. The Labute approximate surface area is 160 Å². The van der Waals surface area contributed by atoms with Crippen LogP contribution in [0, 0.1) is 18.3 Å². The van der Waals surface area contributed by atoms with Crippen LogP contribution in [0.15, 0.2) is 36.5 Å². The highest BCUT2D eigenvalue weighted by atomic mass is 16.5. The van der Waals surface area contributed by atoms with Crippen LogP contribution in [0.1, 0.15) is 44.9 Å². The van der Waals surface area contributed by atoms with Crippen molar-refractivity contribution in [2.24, 2.45) is 5.92 Å². The number of carbonyl (C=O) groups excluding carboxylic acids is 1. The van der Waals surface area contributed by atoms with E-state index in [-0.39, 0.29) is 5.91 Å². The third kappa shape index (κ3) is 3.12. The summed E-state index contributed by atoms with van der Waals surface area (Å²) in [6.45, 7) is 0. The summed E-state index contributed by atoms with van der Waals surface area (Å²) in [5.74, 6) is 4.50. The van der Waals surface area contributed by atoms with E-state index in [9.17, 15) is 4.79 Å². The smallest absolute Gasteiger partial charge is 0.228 e. The standard InChI is InChI=1S/C23H26N2O2/c1-3-23(13-6-9-17-7-4-5-8-17)14-12-22(26)25(23)21-16-24-20-11-10-18(27-2)15-19(20)21/h1,6,9-11,15-17,24H,4-5,7-8,12-14H2,2H3/b9-6+/t23-/m1/s1. The number of amides is 1. The number of benzene rings is 1. The predicted molar refractivity (Wildman–Crippen MR) is 109 cm³/mol. The molecular weight excluding hydrogens is 336 g/mol. The monoisotopic (exact) mass is 362 g/mol. The predicted octanol–water partition coefficient (Wildman–Crippen LogP) is 4.81. The molecule has 1 aliphatic heterocycles. The Hall–Kier alpha value is -2.67. The molecule has 1 aromatic heterocycles. The first kappa shape index (κ1) is 17.7. The van der Waals surface area contributed by atoms with Crippen LogP contribution in [0.5, 0.6) is 5.75 Å². The van der Waals surface area contributed by atoms with E-state index in [1.807, 2.05) is 29.3 Å². The summed E-state index contributed by atoms with van der Waals surface area (Å²) < 4.78 is 5.37. The second-order valence-electron chi connectivity index (χ2n) is 7.67. The molecule has 0 bridgehead atoms. The molecule has 0 spiro atoms. The van der Waals surface area contributed by atoms with E-state index in [2.05, 4.69) is 23.1 Å². The lowest BCUT2D eigenvalue weighted by atomic mass is 9.91. The Morgan fingerprint density at radius 2 is 2.22 bits per heavy atom. The topological polar surface area (TPSA) is 45.3 Å². The average molecular weight is 362 g/mol. The van der Waals surface area contributed by atoms with Crippen LogP contribution < -0.4 is 9.64 Å². The Balaban J connectivity index is 1.68. The molecule has 4 nitrogen and oxygen atoms in total. The average Bonchev–Trinajstić information content (AvgIpc) is 3.41. The molecular formula is C23H26N2O2. The number of nitrogens with zero attached hydrogens (tertiary/aromatic N) is 1. The van der Waals surface area contributed by atoms with Gasteiger partial charge in [-0.2, -0.15) is 0 Å². The maximum Gasteiger partial charge on any atom is 0.228 e. The summed E-state index contributed by atoms with van der Waals surface area (Å²) in [6.07, 6.45) is 19.5. The molecule has 1 N–H and O–H groups in total. The summed E-state index contributed by atoms with van der Waals surface area (Å²) in [7, 11) is 1.65. The Kier molecular flexibility index (Phi) is 4.70. The number of fused-ring (bicyclic) bond motifs is 1. The van der Waals surface area contributed by atoms with E-state index < -0.39 is 5.54 Å². The number of carbonyl (C=O) groups is 1. The lowest BCUT2D eigenvalue weighted by Gasteiger charge is -2.33. The minimum atomic E-state index is -0.593. The highest BCUT2D eigenvalue weighted by Gasteiger charge is 2.45. The van der Waals surface area contributed by atoms with Crippen LogP contribution in [0.4, 0.5) is 5.69 Å². The van der Waals surface area contributed by atoms with Crippen molar-refractivity contribution in [3.63, 3.8) is 0 Å². The van der Waals surface area contributed by atoms with Gasteiger partial charge in [0.25, 0.3) is 0 Å². The molecule has 140 valence electrons. The summed E-state index contributed by atoms with van der Waals surface area (Å²) >= 11 is 0. The van der Waals surface area contributed by atoms with Gasteiger partial charge in [-0.15, -0.1) is 6.42 Å². The van der Waals surface area contributed by atoms with Gasteiger partial charge in [0.2, 0.25) is 5.91 Å². The fourth-order valence-corrected chi connectivity index (χ4v) is 4.53. The molecule has 27 heavy (non-hydrogen) atoms. The molecule has 0 radical (unpaired) electrons. The number of aromatic nitrogens is 1. The zero-order valence-electron chi connectivity index (χ0n) is 15.8. The number of allylic oxidation sites excluding steroid dienone is 1. The van der Waals surface area contributed by atoms with Gasteiger partial charge in [0.1, 0.15) is 11.3 Å². The maximum atomic E-state index is 12.8. The van der Waals surface area contributed by atoms with Crippen molar-refractivity contribution in [1.29, 1.82) is 0 Å². The highest BCUT2D eigenvalue weighted by Crippen LogP contribution is 2.41. The van der Waals surface area contributed by atoms with Crippen molar-refractivity contribution in [1.82, 2.24) is 4.98 Å². The number of nitrogens with one attached hydrogen (secondary N) is 1. The third-order valence-electron chi connectivity index (χ3n) is 6.07. The number of hydrogen-bond donors (Lipinski definition) is 1. The first-order chi connectivity index (χ1) is 13.2. The van der Waals surface area contributed by atoms with Gasteiger partial charge in [0.15, 0.2) is 0 Å². The normalized spacial score (nSPS) is 23.6. The van der Waals surface area contributed by atoms with Gasteiger partial charge in [-0.05, 0) is 43.4 Å². The van der Waals surface area contributed by atoms with E-state index in [1.165, 1.54) is 25.7 Å². The largest absolute Gasteiger partial charge is 0.497 e. The number of anilines is 1. The first-order valence-corrected chi connectivity index (χ1v) is 9.79. The van der Waals surface area contributed by atoms with Crippen LogP contribution in [0.3, 0.4) is 0 Å². The number of terminal acetylenes is 1. The van der Waals surface area contributed by atoms with Gasteiger partial charge in [0.05, 0.1) is 12.8 Å². The van der Waals surface area contributed by atoms with Crippen LogP contribution in [0.2, 0.25) is 0 Å². The summed E-state index contributed by atoms with van der Waals surface area (Å²) in [5.41, 5.74) is 1.22. The molecule has 1 aliphatic carbocycles. The Bertz CT molecular complexity index is 914. The van der Waals surface area contributed by atoms with Gasteiger partial charge in [-0.1, -0.05) is 30.9 Å². The number of rotatable bonds is 5. The summed E-state index contributed by atoms with van der Waals surface area (Å²) in [6, 6.07) is 5.84. The summed E-state index contributed by atoms with van der Waals surface area (Å²) in [4.78, 5) is 17.9. The quantitative estimate of drug-likeness (QED) is 0.613. The minimum absolute atomic E-state index is 0.0888. The molecule has 1 amide bonds. The lowest BCUT2D eigenvalue weighted by Crippen LogP contribution is -2.44. The molecule has 1 saturated carbocycles.